The van der Waals surface area contributed by atoms with E-state index in [2.05, 4.69) is 51.4 Å². The van der Waals surface area contributed by atoms with Gasteiger partial charge in [-0.05, 0) is 31.9 Å². The monoisotopic (exact) mass is 367 g/mol. The molecule has 1 saturated heterocycles. The van der Waals surface area contributed by atoms with Crippen molar-refractivity contribution < 1.29 is 10.0 Å². The molecule has 2 heterocycles. The van der Waals surface area contributed by atoms with Crippen LogP contribution < -0.4 is 10.8 Å². The van der Waals surface area contributed by atoms with Crippen molar-refractivity contribution in [2.45, 2.75) is 32.9 Å². The summed E-state index contributed by atoms with van der Waals surface area (Å²) in [5, 5.41) is 11.9. The molecular weight excluding hydrogens is 342 g/mol. The number of anilines is 1. The topological polar surface area (TPSA) is 90.4 Å². The van der Waals surface area contributed by atoms with Gasteiger partial charge >= 0.3 is 0 Å². The van der Waals surface area contributed by atoms with Crippen LogP contribution in [0.1, 0.15) is 28.8 Å². The molecule has 1 aromatic carbocycles. The molecule has 3 rings (SSSR count). The molecule has 0 unspecified atom stereocenters. The molecule has 0 spiro atoms. The average Bonchev–Trinajstić information content (AvgIpc) is 3.09. The third kappa shape index (κ3) is 5.35. The fourth-order valence-corrected chi connectivity index (χ4v) is 3.14. The van der Waals surface area contributed by atoms with Gasteiger partial charge in [0.15, 0.2) is 0 Å². The van der Waals surface area contributed by atoms with Crippen molar-refractivity contribution in [3.8, 4) is 0 Å². The van der Waals surface area contributed by atoms with E-state index >= 15 is 0 Å². The molecule has 1 fully saturated rings. The summed E-state index contributed by atoms with van der Waals surface area (Å²) < 4.78 is 0. The first-order chi connectivity index (χ1) is 13.0. The zero-order chi connectivity index (χ0) is 19.2. The number of carbonyl (C=O) groups is 1. The normalized spacial score (nSPS) is 17.4. The largest absolute Gasteiger partial charge is 0.350 e. The summed E-state index contributed by atoms with van der Waals surface area (Å²) >= 11 is 0. The number of aromatic nitrogens is 2. The minimum Gasteiger partial charge on any atom is -0.350 e. The third-order valence-electron chi connectivity index (χ3n) is 4.67. The highest BCUT2D eigenvalue weighted by Crippen LogP contribution is 2.17. The first-order valence-corrected chi connectivity index (χ1v) is 9.03. The smallest absolute Gasteiger partial charge is 0.267 e. The Bertz CT molecular complexity index is 820. The molecular formula is C20H25N5O2. The standard InChI is InChI=1S/C20H25N5O2/c1-14-3-5-16(6-4-14)12-25-10-9-18(13-25)23-20-21-11-17(15(2)22-20)7-8-19(26)24-27/h3-8,11,18,27H,9-10,12-13H2,1-2H3,(H,24,26)(H,21,22,23)/t18-/m1/s1. The van der Waals surface area contributed by atoms with Crippen LogP contribution in [-0.4, -0.2) is 45.1 Å². The van der Waals surface area contributed by atoms with E-state index in [1.807, 2.05) is 6.92 Å². The number of likely N-dealkylation sites (tertiary alicyclic amines) is 1. The number of rotatable bonds is 6. The van der Waals surface area contributed by atoms with Gasteiger partial charge in [0.05, 0.1) is 5.69 Å². The van der Waals surface area contributed by atoms with Crippen molar-refractivity contribution in [2.75, 3.05) is 18.4 Å². The van der Waals surface area contributed by atoms with E-state index in [1.54, 1.807) is 17.8 Å². The molecule has 0 radical (unpaired) electrons. The highest BCUT2D eigenvalue weighted by Gasteiger charge is 2.23. The summed E-state index contributed by atoms with van der Waals surface area (Å²) in [4.78, 5) is 22.3. The second-order valence-corrected chi connectivity index (χ2v) is 6.89. The van der Waals surface area contributed by atoms with Gasteiger partial charge in [-0.2, -0.15) is 0 Å². The predicted molar refractivity (Wildman–Crippen MR) is 104 cm³/mol. The molecule has 1 aliphatic heterocycles. The average molecular weight is 367 g/mol. The number of hydroxylamine groups is 1. The van der Waals surface area contributed by atoms with Crippen LogP contribution in [0.2, 0.25) is 0 Å². The number of hydrogen-bond donors (Lipinski definition) is 3. The third-order valence-corrected chi connectivity index (χ3v) is 4.67. The maximum Gasteiger partial charge on any atom is 0.267 e. The van der Waals surface area contributed by atoms with Gasteiger partial charge in [0.2, 0.25) is 5.95 Å². The number of amides is 1. The molecule has 1 atom stereocenters. The number of hydrogen-bond acceptors (Lipinski definition) is 6. The second kappa shape index (κ2) is 8.75. The maximum absolute atomic E-state index is 11.1. The SMILES string of the molecule is Cc1ccc(CN2CC[C@@H](Nc3ncc(C=CC(=O)NO)c(C)n3)C2)cc1. The number of benzene rings is 1. The number of nitrogens with zero attached hydrogens (tertiary/aromatic N) is 3. The van der Waals surface area contributed by atoms with Gasteiger partial charge in [-0.25, -0.2) is 15.4 Å². The zero-order valence-electron chi connectivity index (χ0n) is 15.6. The van der Waals surface area contributed by atoms with E-state index in [0.717, 1.165) is 37.3 Å². The van der Waals surface area contributed by atoms with E-state index in [4.69, 9.17) is 5.21 Å². The molecule has 2 aromatic rings. The number of aryl methyl sites for hydroxylation is 2. The Balaban J connectivity index is 1.55. The number of carbonyl (C=O) groups excluding carboxylic acids is 1. The zero-order valence-corrected chi connectivity index (χ0v) is 15.6. The highest BCUT2D eigenvalue weighted by atomic mass is 16.5. The van der Waals surface area contributed by atoms with Crippen molar-refractivity contribution in [1.82, 2.24) is 20.3 Å². The lowest BCUT2D eigenvalue weighted by Crippen LogP contribution is -2.26. The maximum atomic E-state index is 11.1. The van der Waals surface area contributed by atoms with Crippen LogP contribution in [0.25, 0.3) is 6.08 Å². The first-order valence-electron chi connectivity index (χ1n) is 9.03. The molecule has 1 amide bonds. The molecule has 27 heavy (non-hydrogen) atoms. The Hall–Kier alpha value is -2.77. The molecule has 1 aliphatic rings. The van der Waals surface area contributed by atoms with Gasteiger partial charge in [-0.15, -0.1) is 0 Å². The highest BCUT2D eigenvalue weighted by molar-refractivity contribution is 5.90. The van der Waals surface area contributed by atoms with Gasteiger partial charge in [-0.3, -0.25) is 14.9 Å². The lowest BCUT2D eigenvalue weighted by atomic mass is 10.1. The van der Waals surface area contributed by atoms with E-state index < -0.39 is 5.91 Å². The van der Waals surface area contributed by atoms with Crippen LogP contribution in [0.15, 0.2) is 36.5 Å². The summed E-state index contributed by atoms with van der Waals surface area (Å²) in [6, 6.07) is 8.99. The Morgan fingerprint density at radius 1 is 1.33 bits per heavy atom. The molecule has 7 heteroatoms. The van der Waals surface area contributed by atoms with Gasteiger partial charge in [0.1, 0.15) is 0 Å². The van der Waals surface area contributed by atoms with Crippen LogP contribution in [0.4, 0.5) is 5.95 Å². The minimum absolute atomic E-state index is 0.316. The molecule has 0 aliphatic carbocycles. The number of nitrogens with one attached hydrogen (secondary N) is 2. The second-order valence-electron chi connectivity index (χ2n) is 6.89. The lowest BCUT2D eigenvalue weighted by Gasteiger charge is -2.17. The van der Waals surface area contributed by atoms with Crippen molar-refractivity contribution >= 4 is 17.9 Å². The quantitative estimate of drug-likeness (QED) is 0.412. The van der Waals surface area contributed by atoms with Crippen LogP contribution in [0.3, 0.4) is 0 Å². The summed E-state index contributed by atoms with van der Waals surface area (Å²) in [5.74, 6) is 0.00895. The molecule has 7 nitrogen and oxygen atoms in total. The van der Waals surface area contributed by atoms with Crippen LogP contribution >= 0.6 is 0 Å². The van der Waals surface area contributed by atoms with Crippen molar-refractivity contribution in [3.63, 3.8) is 0 Å². The van der Waals surface area contributed by atoms with Crippen LogP contribution in [0, 0.1) is 13.8 Å². The molecule has 0 saturated carbocycles. The first kappa shape index (κ1) is 19.0. The summed E-state index contributed by atoms with van der Waals surface area (Å²) in [5.41, 5.74) is 5.67. The van der Waals surface area contributed by atoms with Crippen LogP contribution in [-0.2, 0) is 11.3 Å². The van der Waals surface area contributed by atoms with E-state index in [0.29, 0.717) is 12.0 Å². The summed E-state index contributed by atoms with van der Waals surface area (Å²) in [7, 11) is 0. The lowest BCUT2D eigenvalue weighted by molar-refractivity contribution is -0.124. The summed E-state index contributed by atoms with van der Waals surface area (Å²) in [6.07, 6.45) is 5.53. The van der Waals surface area contributed by atoms with Gasteiger partial charge in [0.25, 0.3) is 5.91 Å². The van der Waals surface area contributed by atoms with E-state index in [-0.39, 0.29) is 0 Å². The van der Waals surface area contributed by atoms with Crippen LogP contribution in [0.5, 0.6) is 0 Å². The van der Waals surface area contributed by atoms with Gasteiger partial charge in [-0.1, -0.05) is 29.8 Å². The summed E-state index contributed by atoms with van der Waals surface area (Å²) in [6.45, 7) is 6.91. The van der Waals surface area contributed by atoms with E-state index in [1.165, 1.54) is 17.2 Å². The van der Waals surface area contributed by atoms with E-state index in [9.17, 15) is 4.79 Å². The molecule has 142 valence electrons. The van der Waals surface area contributed by atoms with Gasteiger partial charge < -0.3 is 5.32 Å². The predicted octanol–water partition coefficient (Wildman–Crippen LogP) is 2.30. The molecule has 3 N–H and O–H groups in total. The van der Waals surface area contributed by atoms with Crippen molar-refractivity contribution in [2.24, 2.45) is 0 Å². The fourth-order valence-electron chi connectivity index (χ4n) is 3.14. The van der Waals surface area contributed by atoms with Gasteiger partial charge in [0, 0.05) is 43.5 Å². The Morgan fingerprint density at radius 2 is 2.11 bits per heavy atom. The van der Waals surface area contributed by atoms with Crippen molar-refractivity contribution in [3.05, 3.63) is 58.9 Å². The van der Waals surface area contributed by atoms with Crippen molar-refractivity contribution in [1.29, 1.82) is 0 Å². The Labute approximate surface area is 159 Å². The minimum atomic E-state index is -0.587. The molecule has 0 bridgehead atoms. The molecule has 1 aromatic heterocycles. The Kier molecular flexibility index (Phi) is 6.16. The Morgan fingerprint density at radius 3 is 2.81 bits per heavy atom. The fraction of sp³-hybridized carbons (Fsp3) is 0.350.